The van der Waals surface area contributed by atoms with Crippen molar-refractivity contribution < 1.29 is 4.39 Å². The van der Waals surface area contributed by atoms with Crippen LogP contribution in [0.1, 0.15) is 38.3 Å². The number of hydrogen-bond acceptors (Lipinski definition) is 2. The molecular formula is C15H23FN2. The molecule has 2 rings (SSSR count). The Morgan fingerprint density at radius 3 is 2.50 bits per heavy atom. The van der Waals surface area contributed by atoms with Crippen molar-refractivity contribution in [1.82, 2.24) is 10.2 Å². The van der Waals surface area contributed by atoms with Crippen molar-refractivity contribution in [2.45, 2.75) is 44.8 Å². The second-order valence-electron chi connectivity index (χ2n) is 5.41. The summed E-state index contributed by atoms with van der Waals surface area (Å²) in [6.45, 7) is 5.57. The molecule has 0 saturated carbocycles. The van der Waals surface area contributed by atoms with Gasteiger partial charge < -0.3 is 5.32 Å². The smallest absolute Gasteiger partial charge is 0.123 e. The fraction of sp³-hybridized carbons (Fsp3) is 0.600. The maximum Gasteiger partial charge on any atom is 0.123 e. The Labute approximate surface area is 109 Å². The van der Waals surface area contributed by atoms with Crippen LogP contribution in [0.2, 0.25) is 0 Å². The molecule has 1 aliphatic rings. The molecule has 1 heterocycles. The first-order chi connectivity index (χ1) is 8.61. The van der Waals surface area contributed by atoms with Crippen LogP contribution in [0.4, 0.5) is 4.39 Å². The largest absolute Gasteiger partial charge is 0.317 e. The van der Waals surface area contributed by atoms with Gasteiger partial charge in [-0.05, 0) is 51.4 Å². The topological polar surface area (TPSA) is 15.3 Å². The molecule has 2 atom stereocenters. The Hall–Kier alpha value is -0.930. The number of likely N-dealkylation sites (tertiary alicyclic amines) is 1. The van der Waals surface area contributed by atoms with Gasteiger partial charge in [-0.1, -0.05) is 12.1 Å². The van der Waals surface area contributed by atoms with Crippen molar-refractivity contribution in [3.63, 3.8) is 0 Å². The Morgan fingerprint density at radius 1 is 1.28 bits per heavy atom. The SMILES string of the molecule is CN[C@@H]1CCN(C(C)C)[C@H](c2ccc(F)cc2)C1. The minimum Gasteiger partial charge on any atom is -0.317 e. The number of piperidine rings is 1. The van der Waals surface area contributed by atoms with E-state index in [4.69, 9.17) is 0 Å². The van der Waals surface area contributed by atoms with Gasteiger partial charge in [0, 0.05) is 24.7 Å². The third-order valence-electron chi connectivity index (χ3n) is 3.97. The standard InChI is InChI=1S/C15H23FN2/c1-11(2)18-9-8-14(17-3)10-15(18)12-4-6-13(16)7-5-12/h4-7,11,14-15,17H,8-10H2,1-3H3/t14-,15+/m1/s1. The first-order valence-electron chi connectivity index (χ1n) is 6.80. The number of nitrogens with one attached hydrogen (secondary N) is 1. The maximum atomic E-state index is 13.0. The molecule has 1 fully saturated rings. The minimum absolute atomic E-state index is 0.157. The van der Waals surface area contributed by atoms with E-state index in [1.165, 1.54) is 12.0 Å². The highest BCUT2D eigenvalue weighted by molar-refractivity contribution is 5.21. The summed E-state index contributed by atoms with van der Waals surface area (Å²) in [6.07, 6.45) is 2.28. The zero-order valence-electron chi connectivity index (χ0n) is 11.5. The summed E-state index contributed by atoms with van der Waals surface area (Å²) in [4.78, 5) is 2.51. The lowest BCUT2D eigenvalue weighted by atomic mass is 9.91. The zero-order chi connectivity index (χ0) is 13.1. The lowest BCUT2D eigenvalue weighted by molar-refractivity contribution is 0.0945. The summed E-state index contributed by atoms with van der Waals surface area (Å²) in [6, 6.07) is 8.47. The van der Waals surface area contributed by atoms with Gasteiger partial charge in [0.2, 0.25) is 0 Å². The molecule has 0 spiro atoms. The van der Waals surface area contributed by atoms with Gasteiger partial charge in [-0.2, -0.15) is 0 Å². The highest BCUT2D eigenvalue weighted by Gasteiger charge is 2.30. The molecule has 1 aromatic carbocycles. The molecule has 100 valence electrons. The van der Waals surface area contributed by atoms with E-state index in [0.29, 0.717) is 18.1 Å². The number of rotatable bonds is 3. The van der Waals surface area contributed by atoms with Gasteiger partial charge in [0.05, 0.1) is 0 Å². The Morgan fingerprint density at radius 2 is 1.94 bits per heavy atom. The van der Waals surface area contributed by atoms with Crippen LogP contribution >= 0.6 is 0 Å². The van der Waals surface area contributed by atoms with Gasteiger partial charge in [-0.3, -0.25) is 4.90 Å². The molecule has 0 aromatic heterocycles. The predicted octanol–water partition coefficient (Wildman–Crippen LogP) is 2.96. The highest BCUT2D eigenvalue weighted by atomic mass is 19.1. The van der Waals surface area contributed by atoms with E-state index in [1.54, 1.807) is 12.1 Å². The van der Waals surface area contributed by atoms with Crippen molar-refractivity contribution in [3.8, 4) is 0 Å². The number of nitrogens with zero attached hydrogens (tertiary/aromatic N) is 1. The van der Waals surface area contributed by atoms with E-state index in [1.807, 2.05) is 19.2 Å². The van der Waals surface area contributed by atoms with Crippen molar-refractivity contribution in [1.29, 1.82) is 0 Å². The van der Waals surface area contributed by atoms with Gasteiger partial charge in [0.15, 0.2) is 0 Å². The first kappa shape index (κ1) is 13.5. The quantitative estimate of drug-likeness (QED) is 0.887. The van der Waals surface area contributed by atoms with Gasteiger partial charge in [0.25, 0.3) is 0 Å². The fourth-order valence-corrected chi connectivity index (χ4v) is 2.88. The van der Waals surface area contributed by atoms with Crippen molar-refractivity contribution in [2.24, 2.45) is 0 Å². The van der Waals surface area contributed by atoms with Crippen LogP contribution in [0.15, 0.2) is 24.3 Å². The number of hydrogen-bond donors (Lipinski definition) is 1. The Balaban J connectivity index is 2.21. The second kappa shape index (κ2) is 5.81. The van der Waals surface area contributed by atoms with Crippen LogP contribution in [0, 0.1) is 5.82 Å². The molecule has 1 aliphatic heterocycles. The summed E-state index contributed by atoms with van der Waals surface area (Å²) in [5.74, 6) is -0.157. The fourth-order valence-electron chi connectivity index (χ4n) is 2.88. The van der Waals surface area contributed by atoms with E-state index in [-0.39, 0.29) is 5.82 Å². The zero-order valence-corrected chi connectivity index (χ0v) is 11.5. The van der Waals surface area contributed by atoms with E-state index in [9.17, 15) is 4.39 Å². The molecule has 0 bridgehead atoms. The molecule has 0 radical (unpaired) electrons. The monoisotopic (exact) mass is 250 g/mol. The number of benzene rings is 1. The van der Waals surface area contributed by atoms with Crippen LogP contribution in [-0.4, -0.2) is 30.6 Å². The summed E-state index contributed by atoms with van der Waals surface area (Å²) in [7, 11) is 2.03. The van der Waals surface area contributed by atoms with Crippen LogP contribution < -0.4 is 5.32 Å². The summed E-state index contributed by atoms with van der Waals surface area (Å²) >= 11 is 0. The van der Waals surface area contributed by atoms with E-state index in [0.717, 1.165) is 13.0 Å². The van der Waals surface area contributed by atoms with E-state index >= 15 is 0 Å². The predicted molar refractivity (Wildman–Crippen MR) is 73.1 cm³/mol. The van der Waals surface area contributed by atoms with Crippen molar-refractivity contribution in [2.75, 3.05) is 13.6 Å². The van der Waals surface area contributed by atoms with Crippen molar-refractivity contribution in [3.05, 3.63) is 35.6 Å². The average Bonchev–Trinajstić information content (AvgIpc) is 2.38. The van der Waals surface area contributed by atoms with Gasteiger partial charge in [-0.15, -0.1) is 0 Å². The third-order valence-corrected chi connectivity index (χ3v) is 3.97. The van der Waals surface area contributed by atoms with Crippen LogP contribution in [0.5, 0.6) is 0 Å². The van der Waals surface area contributed by atoms with E-state index < -0.39 is 0 Å². The molecule has 18 heavy (non-hydrogen) atoms. The lowest BCUT2D eigenvalue weighted by Crippen LogP contribution is -2.46. The molecule has 2 nitrogen and oxygen atoms in total. The summed E-state index contributed by atoms with van der Waals surface area (Å²) < 4.78 is 13.0. The summed E-state index contributed by atoms with van der Waals surface area (Å²) in [5, 5.41) is 3.37. The second-order valence-corrected chi connectivity index (χ2v) is 5.41. The molecule has 1 aromatic rings. The Bertz CT molecular complexity index is 375. The van der Waals surface area contributed by atoms with Gasteiger partial charge >= 0.3 is 0 Å². The van der Waals surface area contributed by atoms with Crippen molar-refractivity contribution >= 4 is 0 Å². The van der Waals surface area contributed by atoms with Crippen LogP contribution in [0.25, 0.3) is 0 Å². The Kier molecular flexibility index (Phi) is 4.36. The average molecular weight is 250 g/mol. The normalized spacial score (nSPS) is 25.6. The van der Waals surface area contributed by atoms with E-state index in [2.05, 4.69) is 24.1 Å². The number of halogens is 1. The first-order valence-corrected chi connectivity index (χ1v) is 6.80. The van der Waals surface area contributed by atoms with Gasteiger partial charge in [0.1, 0.15) is 5.82 Å². The summed E-state index contributed by atoms with van der Waals surface area (Å²) in [5.41, 5.74) is 1.23. The maximum absolute atomic E-state index is 13.0. The van der Waals surface area contributed by atoms with Crippen LogP contribution in [0.3, 0.4) is 0 Å². The molecule has 1 saturated heterocycles. The molecule has 3 heteroatoms. The lowest BCUT2D eigenvalue weighted by Gasteiger charge is -2.42. The third kappa shape index (κ3) is 2.90. The minimum atomic E-state index is -0.157. The molecule has 0 aliphatic carbocycles. The van der Waals surface area contributed by atoms with Gasteiger partial charge in [-0.25, -0.2) is 4.39 Å². The molecule has 1 N–H and O–H groups in total. The molecule has 0 unspecified atom stereocenters. The van der Waals surface area contributed by atoms with Crippen LogP contribution in [-0.2, 0) is 0 Å². The molecular weight excluding hydrogens is 227 g/mol. The molecule has 0 amide bonds. The highest BCUT2D eigenvalue weighted by Crippen LogP contribution is 2.32.